The van der Waals surface area contributed by atoms with Gasteiger partial charge in [-0.3, -0.25) is 4.79 Å². The highest BCUT2D eigenvalue weighted by atomic mass is 16.5. The summed E-state index contributed by atoms with van der Waals surface area (Å²) in [6.07, 6.45) is 1.84. The van der Waals surface area contributed by atoms with Crippen LogP contribution in [-0.2, 0) is 14.3 Å². The molecule has 0 spiro atoms. The van der Waals surface area contributed by atoms with E-state index in [1.54, 1.807) is 7.11 Å². The Morgan fingerprint density at radius 1 is 1.45 bits per heavy atom. The Labute approximate surface area is 132 Å². The molecular weight excluding hydrogens is 280 g/mol. The Morgan fingerprint density at radius 2 is 2.18 bits per heavy atom. The van der Waals surface area contributed by atoms with Crippen LogP contribution in [-0.4, -0.2) is 38.3 Å². The number of carbonyl (C=O) groups excluding carboxylic acids is 1. The number of rotatable bonds is 6. The number of hydrogen-bond acceptors (Lipinski definition) is 4. The van der Waals surface area contributed by atoms with E-state index in [-0.39, 0.29) is 30.6 Å². The summed E-state index contributed by atoms with van der Waals surface area (Å²) in [7, 11) is 1.57. The molecule has 5 heteroatoms. The first-order valence-electron chi connectivity index (χ1n) is 7.84. The summed E-state index contributed by atoms with van der Waals surface area (Å²) >= 11 is 0. The first kappa shape index (κ1) is 16.9. The molecule has 0 aliphatic carbocycles. The van der Waals surface area contributed by atoms with Crippen LogP contribution in [0, 0.1) is 6.92 Å². The highest BCUT2D eigenvalue weighted by Crippen LogP contribution is 2.28. The van der Waals surface area contributed by atoms with Gasteiger partial charge < -0.3 is 20.5 Å². The van der Waals surface area contributed by atoms with Crippen molar-refractivity contribution in [1.82, 2.24) is 5.32 Å². The zero-order chi connectivity index (χ0) is 15.9. The molecule has 0 saturated carbocycles. The molecule has 0 bridgehead atoms. The van der Waals surface area contributed by atoms with Crippen LogP contribution in [0.3, 0.4) is 0 Å². The number of aryl methyl sites for hydroxylation is 1. The van der Waals surface area contributed by atoms with Crippen LogP contribution in [0.2, 0.25) is 0 Å². The Balaban J connectivity index is 2.00. The smallest absolute Gasteiger partial charge is 0.222 e. The maximum atomic E-state index is 12.2. The molecule has 122 valence electrons. The second kappa shape index (κ2) is 8.27. The average Bonchev–Trinajstić information content (AvgIpc) is 2.54. The minimum Gasteiger partial charge on any atom is -0.380 e. The van der Waals surface area contributed by atoms with Gasteiger partial charge in [-0.25, -0.2) is 0 Å². The summed E-state index contributed by atoms with van der Waals surface area (Å²) in [6, 6.07) is 8.28. The van der Waals surface area contributed by atoms with Gasteiger partial charge in [-0.05, 0) is 25.3 Å². The molecule has 0 unspecified atom stereocenters. The van der Waals surface area contributed by atoms with Crippen molar-refractivity contribution in [3.05, 3.63) is 35.4 Å². The summed E-state index contributed by atoms with van der Waals surface area (Å²) in [5, 5.41) is 3.08. The largest absolute Gasteiger partial charge is 0.380 e. The van der Waals surface area contributed by atoms with Crippen LogP contribution in [0.1, 0.15) is 36.5 Å². The lowest BCUT2D eigenvalue weighted by atomic mass is 9.95. The Bertz CT molecular complexity index is 471. The van der Waals surface area contributed by atoms with E-state index < -0.39 is 0 Å². The van der Waals surface area contributed by atoms with Crippen molar-refractivity contribution >= 4 is 5.91 Å². The number of nitrogens with one attached hydrogen (secondary N) is 1. The van der Waals surface area contributed by atoms with Gasteiger partial charge in [-0.2, -0.15) is 0 Å². The third-order valence-electron chi connectivity index (χ3n) is 4.08. The van der Waals surface area contributed by atoms with Gasteiger partial charge >= 0.3 is 0 Å². The van der Waals surface area contributed by atoms with E-state index >= 15 is 0 Å². The molecule has 3 atom stereocenters. The van der Waals surface area contributed by atoms with Crippen molar-refractivity contribution in [2.45, 2.75) is 44.4 Å². The van der Waals surface area contributed by atoms with Crippen LogP contribution in [0.5, 0.6) is 0 Å². The molecule has 0 aromatic heterocycles. The first-order valence-corrected chi connectivity index (χ1v) is 7.84. The molecule has 1 aromatic carbocycles. The van der Waals surface area contributed by atoms with Gasteiger partial charge in [0.15, 0.2) is 0 Å². The lowest BCUT2D eigenvalue weighted by molar-refractivity contribution is -0.126. The molecule has 1 aliphatic rings. The highest BCUT2D eigenvalue weighted by Gasteiger charge is 2.29. The molecule has 1 fully saturated rings. The predicted molar refractivity (Wildman–Crippen MR) is 85.5 cm³/mol. The van der Waals surface area contributed by atoms with E-state index in [1.165, 1.54) is 5.56 Å². The number of ether oxygens (including phenoxy) is 2. The summed E-state index contributed by atoms with van der Waals surface area (Å²) in [5.74, 6) is -0.0371. The third-order valence-corrected chi connectivity index (χ3v) is 4.08. The van der Waals surface area contributed by atoms with Gasteiger partial charge in [0.05, 0.1) is 18.6 Å². The zero-order valence-corrected chi connectivity index (χ0v) is 13.4. The lowest BCUT2D eigenvalue weighted by Crippen LogP contribution is -2.44. The van der Waals surface area contributed by atoms with Gasteiger partial charge in [-0.15, -0.1) is 0 Å². The van der Waals surface area contributed by atoms with Crippen molar-refractivity contribution in [2.75, 3.05) is 20.3 Å². The second-order valence-corrected chi connectivity index (χ2v) is 5.82. The average molecular weight is 306 g/mol. The maximum absolute atomic E-state index is 12.2. The van der Waals surface area contributed by atoms with Crippen molar-refractivity contribution < 1.29 is 14.3 Å². The minimum absolute atomic E-state index is 0.000707. The number of amides is 1. The Hall–Kier alpha value is -1.43. The van der Waals surface area contributed by atoms with E-state index in [0.717, 1.165) is 25.0 Å². The summed E-state index contributed by atoms with van der Waals surface area (Å²) < 4.78 is 11.1. The van der Waals surface area contributed by atoms with Gasteiger partial charge in [0.1, 0.15) is 6.10 Å². The van der Waals surface area contributed by atoms with Gasteiger partial charge in [0.2, 0.25) is 5.91 Å². The topological polar surface area (TPSA) is 73.6 Å². The molecule has 1 aliphatic heterocycles. The Kier molecular flexibility index (Phi) is 6.36. The van der Waals surface area contributed by atoms with Crippen LogP contribution in [0.4, 0.5) is 0 Å². The Morgan fingerprint density at radius 3 is 2.82 bits per heavy atom. The normalized spacial score (nSPS) is 23.0. The lowest BCUT2D eigenvalue weighted by Gasteiger charge is -2.33. The first-order chi connectivity index (χ1) is 10.6. The molecule has 1 heterocycles. The molecule has 1 amide bonds. The van der Waals surface area contributed by atoms with E-state index in [4.69, 9.17) is 15.2 Å². The fourth-order valence-electron chi connectivity index (χ4n) is 2.75. The number of methoxy groups -OCH3 is 1. The predicted octanol–water partition coefficient (Wildman–Crippen LogP) is 1.70. The standard InChI is InChI=1S/C17H26N2O3/c1-12-5-7-13(8-6-12)17-15(4-3-9-22-17)19-16(20)10-14(11-18)21-2/h5-8,14-15,17H,3-4,9-11,18H2,1-2H3,(H,19,20)/t14-,15+,17-/m0/s1. The molecule has 5 nitrogen and oxygen atoms in total. The quantitative estimate of drug-likeness (QED) is 0.839. The molecule has 1 aromatic rings. The maximum Gasteiger partial charge on any atom is 0.222 e. The van der Waals surface area contributed by atoms with Crippen molar-refractivity contribution in [1.29, 1.82) is 0 Å². The van der Waals surface area contributed by atoms with Gasteiger partial charge in [-0.1, -0.05) is 29.8 Å². The number of carbonyl (C=O) groups is 1. The van der Waals surface area contributed by atoms with Crippen molar-refractivity contribution in [3.63, 3.8) is 0 Å². The van der Waals surface area contributed by atoms with Crippen LogP contribution in [0.15, 0.2) is 24.3 Å². The second-order valence-electron chi connectivity index (χ2n) is 5.82. The minimum atomic E-state index is -0.234. The third kappa shape index (κ3) is 4.53. The monoisotopic (exact) mass is 306 g/mol. The molecular formula is C17H26N2O3. The van der Waals surface area contributed by atoms with E-state index in [0.29, 0.717) is 6.54 Å². The molecule has 22 heavy (non-hydrogen) atoms. The van der Waals surface area contributed by atoms with E-state index in [2.05, 4.69) is 36.5 Å². The van der Waals surface area contributed by atoms with Gasteiger partial charge in [0.25, 0.3) is 0 Å². The zero-order valence-electron chi connectivity index (χ0n) is 13.4. The van der Waals surface area contributed by atoms with Crippen LogP contribution < -0.4 is 11.1 Å². The van der Waals surface area contributed by atoms with Crippen LogP contribution >= 0.6 is 0 Å². The molecule has 0 radical (unpaired) electrons. The highest BCUT2D eigenvalue weighted by molar-refractivity contribution is 5.76. The summed E-state index contributed by atoms with van der Waals surface area (Å²) in [6.45, 7) is 3.13. The summed E-state index contributed by atoms with van der Waals surface area (Å²) in [4.78, 5) is 12.2. The number of nitrogens with two attached hydrogens (primary N) is 1. The fraction of sp³-hybridized carbons (Fsp3) is 0.588. The number of benzene rings is 1. The van der Waals surface area contributed by atoms with Gasteiger partial charge in [0, 0.05) is 20.3 Å². The van der Waals surface area contributed by atoms with Crippen LogP contribution in [0.25, 0.3) is 0 Å². The molecule has 1 saturated heterocycles. The molecule has 3 N–H and O–H groups in total. The summed E-state index contributed by atoms with van der Waals surface area (Å²) in [5.41, 5.74) is 7.89. The fourth-order valence-corrected chi connectivity index (χ4v) is 2.75. The van der Waals surface area contributed by atoms with E-state index in [1.807, 2.05) is 0 Å². The SMILES string of the molecule is CO[C@H](CN)CC(=O)N[C@@H]1CCCO[C@H]1c1ccc(C)cc1. The van der Waals surface area contributed by atoms with E-state index in [9.17, 15) is 4.79 Å². The van der Waals surface area contributed by atoms with Crippen molar-refractivity contribution in [2.24, 2.45) is 5.73 Å². The van der Waals surface area contributed by atoms with Crippen molar-refractivity contribution in [3.8, 4) is 0 Å². The number of hydrogen-bond donors (Lipinski definition) is 2. The molecule has 2 rings (SSSR count).